The minimum Gasteiger partial charge on any atom is -0.462 e. The summed E-state index contributed by atoms with van der Waals surface area (Å²) in [5.41, 5.74) is 0. The zero-order valence-corrected chi connectivity index (χ0v) is 11.5. The second kappa shape index (κ2) is 6.06. The van der Waals surface area contributed by atoms with Gasteiger partial charge in [0.05, 0.1) is 12.1 Å². The highest BCUT2D eigenvalue weighted by Crippen LogP contribution is 2.20. The molecule has 0 bridgehead atoms. The van der Waals surface area contributed by atoms with Crippen molar-refractivity contribution in [2.24, 2.45) is 0 Å². The van der Waals surface area contributed by atoms with Gasteiger partial charge in [-0.1, -0.05) is 0 Å². The summed E-state index contributed by atoms with van der Waals surface area (Å²) in [6.07, 6.45) is 5.67. The molecule has 2 unspecified atom stereocenters. The van der Waals surface area contributed by atoms with Crippen LogP contribution in [0, 0.1) is 6.92 Å². The highest BCUT2D eigenvalue weighted by molar-refractivity contribution is 5.91. The molecule has 1 N–H and O–H groups in total. The molecule has 1 aromatic heterocycles. The number of hydrogen-bond donors (Lipinski definition) is 1. The molecule has 2 atom stereocenters. The Labute approximate surface area is 113 Å². The van der Waals surface area contributed by atoms with Crippen molar-refractivity contribution >= 4 is 12.0 Å². The van der Waals surface area contributed by atoms with Crippen LogP contribution < -0.4 is 0 Å². The van der Waals surface area contributed by atoms with Crippen LogP contribution in [0.25, 0.3) is 6.08 Å². The fourth-order valence-electron chi connectivity index (χ4n) is 2.52. The summed E-state index contributed by atoms with van der Waals surface area (Å²) >= 11 is 0. The van der Waals surface area contributed by atoms with Gasteiger partial charge in [-0.15, -0.1) is 0 Å². The summed E-state index contributed by atoms with van der Waals surface area (Å²) in [6.45, 7) is 4.33. The average Bonchev–Trinajstić information content (AvgIpc) is 2.81. The number of aliphatic hydroxyl groups is 1. The molecule has 0 radical (unpaired) electrons. The van der Waals surface area contributed by atoms with Gasteiger partial charge in [-0.2, -0.15) is 0 Å². The number of aryl methyl sites for hydroxylation is 1. The summed E-state index contributed by atoms with van der Waals surface area (Å²) in [4.78, 5) is 13.9. The van der Waals surface area contributed by atoms with Crippen molar-refractivity contribution < 1.29 is 14.3 Å². The summed E-state index contributed by atoms with van der Waals surface area (Å²) in [5, 5.41) is 9.75. The van der Waals surface area contributed by atoms with Crippen molar-refractivity contribution in [3.8, 4) is 0 Å². The zero-order valence-electron chi connectivity index (χ0n) is 11.5. The normalized spacial score (nSPS) is 21.8. The Balaban J connectivity index is 2.03. The Morgan fingerprint density at radius 1 is 1.53 bits per heavy atom. The Kier molecular flexibility index (Phi) is 4.43. The minimum absolute atomic E-state index is 0.0559. The third kappa shape index (κ3) is 3.47. The molecule has 1 aromatic rings. The number of aliphatic hydroxyl groups excluding tert-OH is 1. The van der Waals surface area contributed by atoms with E-state index < -0.39 is 6.10 Å². The van der Waals surface area contributed by atoms with E-state index in [0.29, 0.717) is 5.76 Å². The summed E-state index contributed by atoms with van der Waals surface area (Å²) < 4.78 is 5.39. The van der Waals surface area contributed by atoms with Crippen LogP contribution >= 0.6 is 0 Å². The second-order valence-electron chi connectivity index (χ2n) is 5.12. The first-order valence-corrected chi connectivity index (χ1v) is 6.81. The van der Waals surface area contributed by atoms with Crippen molar-refractivity contribution in [2.45, 2.75) is 45.3 Å². The molecule has 0 spiro atoms. The molecule has 104 valence electrons. The number of hydrogen-bond acceptors (Lipinski definition) is 3. The smallest absolute Gasteiger partial charge is 0.247 e. The highest BCUT2D eigenvalue weighted by Gasteiger charge is 2.28. The molecule has 2 rings (SSSR count). The lowest BCUT2D eigenvalue weighted by Crippen LogP contribution is -2.48. The van der Waals surface area contributed by atoms with Crippen LogP contribution in [0.2, 0.25) is 0 Å². The van der Waals surface area contributed by atoms with E-state index >= 15 is 0 Å². The fourth-order valence-corrected chi connectivity index (χ4v) is 2.52. The molecule has 0 saturated carbocycles. The first kappa shape index (κ1) is 13.9. The number of rotatable bonds is 3. The molecule has 0 aliphatic carbocycles. The van der Waals surface area contributed by atoms with Crippen LogP contribution in [0.1, 0.15) is 37.7 Å². The van der Waals surface area contributed by atoms with E-state index in [1.807, 2.05) is 19.1 Å². The van der Waals surface area contributed by atoms with E-state index in [9.17, 15) is 9.90 Å². The first-order chi connectivity index (χ1) is 9.08. The quantitative estimate of drug-likeness (QED) is 0.852. The maximum absolute atomic E-state index is 12.2. The molecule has 1 fully saturated rings. The van der Waals surface area contributed by atoms with Gasteiger partial charge in [-0.05, 0) is 51.3 Å². The molecule has 0 aromatic carbocycles. The monoisotopic (exact) mass is 263 g/mol. The molecule has 1 amide bonds. The van der Waals surface area contributed by atoms with Crippen LogP contribution in [-0.2, 0) is 4.79 Å². The molecule has 2 heterocycles. The third-order valence-electron chi connectivity index (χ3n) is 3.54. The standard InChI is InChI=1S/C15H21NO3/c1-11-6-7-13(19-11)8-9-15(18)16-10-4-3-5-14(16)12(2)17/h6-9,12,14,17H,3-5,10H2,1-2H3/b9-8+. The largest absolute Gasteiger partial charge is 0.462 e. The van der Waals surface area contributed by atoms with E-state index in [2.05, 4.69) is 0 Å². The number of amides is 1. The van der Waals surface area contributed by atoms with Crippen LogP contribution in [-0.4, -0.2) is 34.6 Å². The van der Waals surface area contributed by atoms with Crippen molar-refractivity contribution in [1.82, 2.24) is 4.90 Å². The number of likely N-dealkylation sites (tertiary alicyclic amines) is 1. The van der Waals surface area contributed by atoms with Crippen LogP contribution in [0.15, 0.2) is 22.6 Å². The maximum Gasteiger partial charge on any atom is 0.247 e. The van der Waals surface area contributed by atoms with Gasteiger partial charge in [0.2, 0.25) is 5.91 Å². The van der Waals surface area contributed by atoms with Gasteiger partial charge in [0.25, 0.3) is 0 Å². The zero-order chi connectivity index (χ0) is 13.8. The Hall–Kier alpha value is -1.55. The fraction of sp³-hybridized carbons (Fsp3) is 0.533. The lowest BCUT2D eigenvalue weighted by atomic mass is 9.98. The van der Waals surface area contributed by atoms with Gasteiger partial charge >= 0.3 is 0 Å². The van der Waals surface area contributed by atoms with Gasteiger partial charge in [-0.3, -0.25) is 4.79 Å². The van der Waals surface area contributed by atoms with Gasteiger partial charge in [0.1, 0.15) is 11.5 Å². The van der Waals surface area contributed by atoms with E-state index in [1.54, 1.807) is 17.9 Å². The van der Waals surface area contributed by atoms with Gasteiger partial charge < -0.3 is 14.4 Å². The number of carbonyl (C=O) groups is 1. The van der Waals surface area contributed by atoms with E-state index in [1.165, 1.54) is 6.08 Å². The Morgan fingerprint density at radius 2 is 2.32 bits per heavy atom. The predicted molar refractivity (Wildman–Crippen MR) is 73.5 cm³/mol. The molecule has 1 aliphatic heterocycles. The number of furan rings is 1. The summed E-state index contributed by atoms with van der Waals surface area (Å²) in [6, 6.07) is 3.63. The van der Waals surface area contributed by atoms with E-state index in [0.717, 1.165) is 31.6 Å². The van der Waals surface area contributed by atoms with Crippen molar-refractivity contribution in [3.63, 3.8) is 0 Å². The SMILES string of the molecule is Cc1ccc(/C=C/C(=O)N2CCCCC2C(C)O)o1. The highest BCUT2D eigenvalue weighted by atomic mass is 16.3. The molecule has 1 saturated heterocycles. The lowest BCUT2D eigenvalue weighted by Gasteiger charge is -2.36. The van der Waals surface area contributed by atoms with Crippen LogP contribution in [0.5, 0.6) is 0 Å². The Morgan fingerprint density at radius 3 is 2.95 bits per heavy atom. The number of nitrogens with zero attached hydrogens (tertiary/aromatic N) is 1. The van der Waals surface area contributed by atoms with Crippen molar-refractivity contribution in [1.29, 1.82) is 0 Å². The Bertz CT molecular complexity index is 462. The average molecular weight is 263 g/mol. The molecule has 4 nitrogen and oxygen atoms in total. The van der Waals surface area contributed by atoms with Gasteiger partial charge in [0, 0.05) is 12.6 Å². The molecular weight excluding hydrogens is 242 g/mol. The second-order valence-corrected chi connectivity index (χ2v) is 5.12. The van der Waals surface area contributed by atoms with Crippen molar-refractivity contribution in [3.05, 3.63) is 29.7 Å². The molecule has 19 heavy (non-hydrogen) atoms. The van der Waals surface area contributed by atoms with Gasteiger partial charge in [0.15, 0.2) is 0 Å². The lowest BCUT2D eigenvalue weighted by molar-refractivity contribution is -0.132. The molecule has 4 heteroatoms. The number of piperidine rings is 1. The van der Waals surface area contributed by atoms with E-state index in [-0.39, 0.29) is 11.9 Å². The molecule has 1 aliphatic rings. The summed E-state index contributed by atoms with van der Waals surface area (Å²) in [5.74, 6) is 1.45. The molecular formula is C15H21NO3. The topological polar surface area (TPSA) is 53.7 Å². The minimum atomic E-state index is -0.483. The predicted octanol–water partition coefficient (Wildman–Crippen LogP) is 2.36. The summed E-state index contributed by atoms with van der Waals surface area (Å²) in [7, 11) is 0. The third-order valence-corrected chi connectivity index (χ3v) is 3.54. The first-order valence-electron chi connectivity index (χ1n) is 6.81. The van der Waals surface area contributed by atoms with Crippen LogP contribution in [0.4, 0.5) is 0 Å². The van der Waals surface area contributed by atoms with Crippen molar-refractivity contribution in [2.75, 3.05) is 6.54 Å². The maximum atomic E-state index is 12.2. The number of carbonyl (C=O) groups excluding carboxylic acids is 1. The van der Waals surface area contributed by atoms with Gasteiger partial charge in [-0.25, -0.2) is 0 Å². The van der Waals surface area contributed by atoms with E-state index in [4.69, 9.17) is 4.42 Å². The van der Waals surface area contributed by atoms with Crippen LogP contribution in [0.3, 0.4) is 0 Å².